The van der Waals surface area contributed by atoms with E-state index in [2.05, 4.69) is 21.1 Å². The number of hydrogen-bond acceptors (Lipinski definition) is 3. The molecular weight excluding hydrogens is 256 g/mol. The van der Waals surface area contributed by atoms with Crippen molar-refractivity contribution >= 4 is 15.9 Å². The summed E-state index contributed by atoms with van der Waals surface area (Å²) in [4.78, 5) is 0. The molecule has 2 aromatic rings. The lowest BCUT2D eigenvalue weighted by molar-refractivity contribution is 0.430. The van der Waals surface area contributed by atoms with Crippen LogP contribution in [0.1, 0.15) is 11.3 Å². The van der Waals surface area contributed by atoms with Crippen LogP contribution in [-0.2, 0) is 0 Å². The average Bonchev–Trinajstić information content (AvgIpc) is 2.70. The highest BCUT2D eigenvalue weighted by Crippen LogP contribution is 2.27. The minimum atomic E-state index is 0.296. The Labute approximate surface area is 95.4 Å². The van der Waals surface area contributed by atoms with Crippen LogP contribution in [0, 0.1) is 18.3 Å². The van der Waals surface area contributed by atoms with Crippen LogP contribution in [-0.4, -0.2) is 5.16 Å². The summed E-state index contributed by atoms with van der Waals surface area (Å²) in [7, 11) is 0. The van der Waals surface area contributed by atoms with Crippen molar-refractivity contribution in [1.82, 2.24) is 5.16 Å². The molecule has 15 heavy (non-hydrogen) atoms. The van der Waals surface area contributed by atoms with Crippen molar-refractivity contribution in [3.05, 3.63) is 40.0 Å². The molecule has 3 nitrogen and oxygen atoms in total. The van der Waals surface area contributed by atoms with Crippen molar-refractivity contribution in [3.63, 3.8) is 0 Å². The molecule has 0 aliphatic rings. The van der Waals surface area contributed by atoms with Crippen LogP contribution in [0.15, 0.2) is 33.3 Å². The van der Waals surface area contributed by atoms with E-state index in [4.69, 9.17) is 9.78 Å². The first-order valence-corrected chi connectivity index (χ1v) is 5.13. The first kappa shape index (κ1) is 9.94. The van der Waals surface area contributed by atoms with E-state index in [1.54, 1.807) is 6.07 Å². The normalized spacial score (nSPS) is 9.93. The lowest BCUT2D eigenvalue weighted by atomic mass is 10.1. The number of rotatable bonds is 1. The van der Waals surface area contributed by atoms with Crippen molar-refractivity contribution in [2.75, 3.05) is 0 Å². The number of benzene rings is 1. The van der Waals surface area contributed by atoms with Crippen LogP contribution in [0.2, 0.25) is 0 Å². The largest absolute Gasteiger partial charge is 0.355 e. The monoisotopic (exact) mass is 262 g/mol. The summed E-state index contributed by atoms with van der Waals surface area (Å²) in [5.74, 6) is 0.616. The van der Waals surface area contributed by atoms with Crippen LogP contribution in [0.3, 0.4) is 0 Å². The average molecular weight is 263 g/mol. The zero-order chi connectivity index (χ0) is 10.8. The van der Waals surface area contributed by atoms with E-state index in [-0.39, 0.29) is 0 Å². The van der Waals surface area contributed by atoms with Gasteiger partial charge in [0, 0.05) is 16.1 Å². The second-order valence-corrected chi connectivity index (χ2v) is 4.06. The highest BCUT2D eigenvalue weighted by atomic mass is 79.9. The molecule has 1 aromatic carbocycles. The van der Waals surface area contributed by atoms with Gasteiger partial charge in [-0.2, -0.15) is 5.26 Å². The third-order valence-electron chi connectivity index (χ3n) is 2.09. The van der Waals surface area contributed by atoms with E-state index in [1.165, 1.54) is 0 Å². The number of aromatic nitrogens is 1. The van der Waals surface area contributed by atoms with Crippen LogP contribution in [0.25, 0.3) is 11.3 Å². The van der Waals surface area contributed by atoms with Gasteiger partial charge in [0.05, 0.1) is 0 Å². The molecule has 0 unspecified atom stereocenters. The molecule has 0 amide bonds. The summed E-state index contributed by atoms with van der Waals surface area (Å²) in [5.41, 5.74) is 2.32. The van der Waals surface area contributed by atoms with Crippen molar-refractivity contribution < 1.29 is 4.52 Å². The fourth-order valence-electron chi connectivity index (χ4n) is 1.31. The maximum Gasteiger partial charge on any atom is 0.184 e. The summed E-state index contributed by atoms with van der Waals surface area (Å²) in [6, 6.07) is 9.45. The summed E-state index contributed by atoms with van der Waals surface area (Å²) >= 11 is 3.39. The van der Waals surface area contributed by atoms with E-state index in [9.17, 15) is 0 Å². The molecule has 0 saturated heterocycles. The van der Waals surface area contributed by atoms with Gasteiger partial charge in [-0.05, 0) is 24.6 Å². The van der Waals surface area contributed by atoms with Gasteiger partial charge in [0.1, 0.15) is 6.07 Å². The Morgan fingerprint density at radius 2 is 2.20 bits per heavy atom. The van der Waals surface area contributed by atoms with Crippen LogP contribution in [0.4, 0.5) is 0 Å². The van der Waals surface area contributed by atoms with Gasteiger partial charge < -0.3 is 4.52 Å². The van der Waals surface area contributed by atoms with E-state index in [0.29, 0.717) is 11.5 Å². The van der Waals surface area contributed by atoms with Gasteiger partial charge in [0.2, 0.25) is 0 Å². The van der Waals surface area contributed by atoms with Crippen molar-refractivity contribution in [1.29, 1.82) is 5.26 Å². The Hall–Kier alpha value is -1.60. The number of halogens is 1. The molecule has 74 valence electrons. The molecule has 0 atom stereocenters. The Bertz CT molecular complexity index is 540. The Morgan fingerprint density at radius 1 is 1.40 bits per heavy atom. The van der Waals surface area contributed by atoms with Gasteiger partial charge in [-0.1, -0.05) is 27.2 Å². The molecule has 0 saturated carbocycles. The molecule has 1 aromatic heterocycles. The van der Waals surface area contributed by atoms with Crippen molar-refractivity contribution in [2.45, 2.75) is 6.92 Å². The van der Waals surface area contributed by atoms with Crippen molar-refractivity contribution in [3.8, 4) is 17.4 Å². The number of hydrogen-bond donors (Lipinski definition) is 0. The predicted octanol–water partition coefficient (Wildman–Crippen LogP) is 3.28. The summed E-state index contributed by atoms with van der Waals surface area (Å²) < 4.78 is 6.05. The van der Waals surface area contributed by atoms with Gasteiger partial charge in [-0.25, -0.2) is 0 Å². The molecule has 0 bridgehead atoms. The smallest absolute Gasteiger partial charge is 0.184 e. The summed E-state index contributed by atoms with van der Waals surface area (Å²) in [6.07, 6.45) is 0. The number of nitrogens with zero attached hydrogens (tertiary/aromatic N) is 2. The second-order valence-electron chi connectivity index (χ2n) is 3.15. The topological polar surface area (TPSA) is 49.8 Å². The lowest BCUT2D eigenvalue weighted by Crippen LogP contribution is -1.80. The third kappa shape index (κ3) is 1.92. The number of aryl methyl sites for hydroxylation is 1. The molecule has 2 rings (SSSR count). The predicted molar refractivity (Wildman–Crippen MR) is 59.1 cm³/mol. The molecule has 4 heteroatoms. The summed E-state index contributed by atoms with van der Waals surface area (Å²) in [6.45, 7) is 1.98. The standard InChI is InChI=1S/C11H7BrN2O/c1-7-2-3-8(12)4-10(7)11-5-9(6-13)14-15-11/h2-5H,1H3. The van der Waals surface area contributed by atoms with Crippen LogP contribution >= 0.6 is 15.9 Å². The highest BCUT2D eigenvalue weighted by molar-refractivity contribution is 9.10. The Morgan fingerprint density at radius 3 is 2.87 bits per heavy atom. The lowest BCUT2D eigenvalue weighted by Gasteiger charge is -2.01. The van der Waals surface area contributed by atoms with E-state index in [0.717, 1.165) is 15.6 Å². The Balaban J connectivity index is 2.54. The quantitative estimate of drug-likeness (QED) is 0.793. The maximum absolute atomic E-state index is 8.64. The minimum Gasteiger partial charge on any atom is -0.355 e. The summed E-state index contributed by atoms with van der Waals surface area (Å²) in [5, 5.41) is 12.3. The zero-order valence-electron chi connectivity index (χ0n) is 7.99. The van der Waals surface area contributed by atoms with Gasteiger partial charge in [0.15, 0.2) is 11.5 Å². The number of nitriles is 1. The molecule has 0 N–H and O–H groups in total. The SMILES string of the molecule is Cc1ccc(Br)cc1-c1cc(C#N)no1. The fraction of sp³-hybridized carbons (Fsp3) is 0.0909. The molecule has 0 spiro atoms. The fourth-order valence-corrected chi connectivity index (χ4v) is 1.68. The molecule has 0 fully saturated rings. The molecule has 0 aliphatic carbocycles. The molecular formula is C11H7BrN2O. The molecule has 0 radical (unpaired) electrons. The maximum atomic E-state index is 8.64. The molecule has 0 aliphatic heterocycles. The van der Waals surface area contributed by atoms with Gasteiger partial charge in [-0.3, -0.25) is 0 Å². The van der Waals surface area contributed by atoms with Gasteiger partial charge >= 0.3 is 0 Å². The third-order valence-corrected chi connectivity index (χ3v) is 2.58. The van der Waals surface area contributed by atoms with E-state index >= 15 is 0 Å². The first-order valence-electron chi connectivity index (χ1n) is 4.34. The highest BCUT2D eigenvalue weighted by Gasteiger charge is 2.09. The second kappa shape index (κ2) is 3.87. The van der Waals surface area contributed by atoms with Crippen molar-refractivity contribution in [2.24, 2.45) is 0 Å². The van der Waals surface area contributed by atoms with E-state index < -0.39 is 0 Å². The van der Waals surface area contributed by atoms with Gasteiger partial charge in [0.25, 0.3) is 0 Å². The van der Waals surface area contributed by atoms with Crippen LogP contribution in [0.5, 0.6) is 0 Å². The zero-order valence-corrected chi connectivity index (χ0v) is 9.58. The van der Waals surface area contributed by atoms with Crippen LogP contribution < -0.4 is 0 Å². The van der Waals surface area contributed by atoms with Gasteiger partial charge in [-0.15, -0.1) is 0 Å². The Kier molecular flexibility index (Phi) is 2.57. The minimum absolute atomic E-state index is 0.296. The first-order chi connectivity index (χ1) is 7.20. The molecule has 1 heterocycles. The van der Waals surface area contributed by atoms with E-state index in [1.807, 2.05) is 31.2 Å².